The summed E-state index contributed by atoms with van der Waals surface area (Å²) in [5, 5.41) is 3.37. The van der Waals surface area contributed by atoms with E-state index in [0.717, 1.165) is 30.9 Å². The summed E-state index contributed by atoms with van der Waals surface area (Å²) in [5.74, 6) is -0.143. The first-order chi connectivity index (χ1) is 9.78. The number of hydrogen-bond acceptors (Lipinski definition) is 3. The van der Waals surface area contributed by atoms with Crippen molar-refractivity contribution in [2.45, 2.75) is 19.8 Å². The lowest BCUT2D eigenvalue weighted by Gasteiger charge is -2.35. The highest BCUT2D eigenvalue weighted by Gasteiger charge is 2.19. The number of hydrogen-bond donors (Lipinski definition) is 0. The van der Waals surface area contributed by atoms with Crippen LogP contribution in [0.5, 0.6) is 0 Å². The molecule has 0 saturated carbocycles. The first-order valence-electron chi connectivity index (χ1n) is 7.42. The van der Waals surface area contributed by atoms with Crippen LogP contribution in [0.4, 0.5) is 10.1 Å². The largest absolute Gasteiger partial charge is 0.368 e. The highest BCUT2D eigenvalue weighted by molar-refractivity contribution is 7.17. The number of rotatable bonds is 4. The fourth-order valence-electron chi connectivity index (χ4n) is 2.83. The molecule has 0 aliphatic carbocycles. The van der Waals surface area contributed by atoms with Gasteiger partial charge in [-0.1, -0.05) is 13.3 Å². The maximum atomic E-state index is 13.2. The van der Waals surface area contributed by atoms with Gasteiger partial charge in [-0.3, -0.25) is 4.90 Å². The van der Waals surface area contributed by atoms with Crippen LogP contribution in [0, 0.1) is 5.82 Å². The molecule has 1 aliphatic rings. The van der Waals surface area contributed by atoms with Gasteiger partial charge in [0.25, 0.3) is 0 Å². The van der Waals surface area contributed by atoms with Gasteiger partial charge < -0.3 is 4.90 Å². The van der Waals surface area contributed by atoms with E-state index in [1.807, 2.05) is 6.07 Å². The Labute approximate surface area is 123 Å². The third kappa shape index (κ3) is 2.81. The standard InChI is InChI=1S/C16H21FN2S/c1-2-3-6-18-7-9-19(10-8-18)15-12-20-16-11-13(17)4-5-14(15)16/h4-5,11-12H,2-3,6-10H2,1H3. The van der Waals surface area contributed by atoms with Crippen LogP contribution in [-0.2, 0) is 0 Å². The molecule has 0 radical (unpaired) electrons. The van der Waals surface area contributed by atoms with Crippen molar-refractivity contribution in [3.8, 4) is 0 Å². The minimum absolute atomic E-state index is 0.143. The summed E-state index contributed by atoms with van der Waals surface area (Å²) in [6.45, 7) is 7.89. The van der Waals surface area contributed by atoms with E-state index in [9.17, 15) is 4.39 Å². The molecule has 2 nitrogen and oxygen atoms in total. The topological polar surface area (TPSA) is 6.48 Å². The van der Waals surface area contributed by atoms with Gasteiger partial charge >= 0.3 is 0 Å². The average Bonchev–Trinajstić information content (AvgIpc) is 2.88. The van der Waals surface area contributed by atoms with Gasteiger partial charge in [0.2, 0.25) is 0 Å². The Morgan fingerprint density at radius 1 is 1.20 bits per heavy atom. The number of piperazine rings is 1. The van der Waals surface area contributed by atoms with E-state index < -0.39 is 0 Å². The van der Waals surface area contributed by atoms with E-state index in [4.69, 9.17) is 0 Å². The molecule has 0 bridgehead atoms. The molecule has 3 rings (SSSR count). The molecule has 2 heterocycles. The molecule has 20 heavy (non-hydrogen) atoms. The fraction of sp³-hybridized carbons (Fsp3) is 0.500. The third-order valence-electron chi connectivity index (χ3n) is 4.06. The maximum absolute atomic E-state index is 13.2. The summed E-state index contributed by atoms with van der Waals surface area (Å²) in [4.78, 5) is 4.99. The number of thiophene rings is 1. The van der Waals surface area contributed by atoms with Crippen LogP contribution in [0.1, 0.15) is 19.8 Å². The van der Waals surface area contributed by atoms with Crippen molar-refractivity contribution in [2.24, 2.45) is 0 Å². The molecule has 0 N–H and O–H groups in total. The molecule has 1 aromatic carbocycles. The fourth-order valence-corrected chi connectivity index (χ4v) is 3.82. The van der Waals surface area contributed by atoms with Crippen LogP contribution in [0.15, 0.2) is 23.6 Å². The van der Waals surface area contributed by atoms with Gasteiger partial charge in [-0.15, -0.1) is 11.3 Å². The Balaban J connectivity index is 1.70. The number of halogens is 1. The first kappa shape index (κ1) is 13.8. The third-order valence-corrected chi connectivity index (χ3v) is 4.99. The quantitative estimate of drug-likeness (QED) is 0.841. The van der Waals surface area contributed by atoms with Gasteiger partial charge in [0, 0.05) is 41.6 Å². The van der Waals surface area contributed by atoms with Crippen molar-refractivity contribution in [3.63, 3.8) is 0 Å². The Kier molecular flexibility index (Phi) is 4.22. The zero-order chi connectivity index (χ0) is 13.9. The first-order valence-corrected chi connectivity index (χ1v) is 8.30. The minimum Gasteiger partial charge on any atom is -0.368 e. The highest BCUT2D eigenvalue weighted by Crippen LogP contribution is 2.33. The van der Waals surface area contributed by atoms with Crippen LogP contribution < -0.4 is 4.90 Å². The lowest BCUT2D eigenvalue weighted by atomic mass is 10.2. The van der Waals surface area contributed by atoms with Gasteiger partial charge in [0.05, 0.1) is 5.69 Å². The van der Waals surface area contributed by atoms with E-state index in [1.54, 1.807) is 23.5 Å². The molecule has 1 fully saturated rings. The molecule has 4 heteroatoms. The molecule has 0 spiro atoms. The normalized spacial score (nSPS) is 17.0. The molecule has 0 atom stereocenters. The van der Waals surface area contributed by atoms with Gasteiger partial charge in [0.15, 0.2) is 0 Å². The van der Waals surface area contributed by atoms with Crippen molar-refractivity contribution < 1.29 is 4.39 Å². The summed E-state index contributed by atoms with van der Waals surface area (Å²) in [6, 6.07) is 5.12. The zero-order valence-corrected chi connectivity index (χ0v) is 12.8. The number of nitrogens with zero attached hydrogens (tertiary/aromatic N) is 2. The van der Waals surface area contributed by atoms with Crippen molar-refractivity contribution in [1.82, 2.24) is 4.90 Å². The van der Waals surface area contributed by atoms with Crippen molar-refractivity contribution >= 4 is 27.1 Å². The molecular formula is C16H21FN2S. The number of anilines is 1. The smallest absolute Gasteiger partial charge is 0.124 e. The summed E-state index contributed by atoms with van der Waals surface area (Å²) in [5.41, 5.74) is 1.28. The Morgan fingerprint density at radius 3 is 2.75 bits per heavy atom. The summed E-state index contributed by atoms with van der Waals surface area (Å²) in [7, 11) is 0. The Hall–Kier alpha value is -1.13. The highest BCUT2D eigenvalue weighted by atomic mass is 32.1. The van der Waals surface area contributed by atoms with E-state index >= 15 is 0 Å². The van der Waals surface area contributed by atoms with Crippen LogP contribution in [-0.4, -0.2) is 37.6 Å². The number of fused-ring (bicyclic) bond motifs is 1. The van der Waals surface area contributed by atoms with Crippen molar-refractivity contribution in [2.75, 3.05) is 37.6 Å². The van der Waals surface area contributed by atoms with Crippen molar-refractivity contribution in [1.29, 1.82) is 0 Å². The van der Waals surface area contributed by atoms with Crippen LogP contribution in [0.25, 0.3) is 10.1 Å². The summed E-state index contributed by atoms with van der Waals surface area (Å²) >= 11 is 1.64. The minimum atomic E-state index is -0.143. The van der Waals surface area contributed by atoms with E-state index in [-0.39, 0.29) is 5.82 Å². The molecule has 108 valence electrons. The number of benzene rings is 1. The predicted molar refractivity (Wildman–Crippen MR) is 85.3 cm³/mol. The van der Waals surface area contributed by atoms with Crippen molar-refractivity contribution in [3.05, 3.63) is 29.4 Å². The van der Waals surface area contributed by atoms with Gasteiger partial charge in [-0.25, -0.2) is 4.39 Å². The van der Waals surface area contributed by atoms with Crippen LogP contribution >= 0.6 is 11.3 Å². The van der Waals surface area contributed by atoms with Gasteiger partial charge in [-0.05, 0) is 31.2 Å². The second-order valence-corrected chi connectivity index (χ2v) is 6.35. The molecular weight excluding hydrogens is 271 g/mol. The van der Waals surface area contributed by atoms with E-state index in [2.05, 4.69) is 22.1 Å². The molecule has 0 unspecified atom stereocenters. The molecule has 1 aromatic heterocycles. The Morgan fingerprint density at radius 2 is 2.00 bits per heavy atom. The average molecular weight is 292 g/mol. The van der Waals surface area contributed by atoms with Gasteiger partial charge in [-0.2, -0.15) is 0 Å². The van der Waals surface area contributed by atoms with Gasteiger partial charge in [0.1, 0.15) is 5.82 Å². The summed E-state index contributed by atoms with van der Waals surface area (Å²) < 4.78 is 14.3. The lowest BCUT2D eigenvalue weighted by Crippen LogP contribution is -2.46. The van der Waals surface area contributed by atoms with Crippen LogP contribution in [0.3, 0.4) is 0 Å². The van der Waals surface area contributed by atoms with Crippen LogP contribution in [0.2, 0.25) is 0 Å². The molecule has 1 saturated heterocycles. The number of unbranched alkanes of at least 4 members (excludes halogenated alkanes) is 1. The second-order valence-electron chi connectivity index (χ2n) is 5.44. The predicted octanol–water partition coefficient (Wildman–Crippen LogP) is 3.96. The zero-order valence-electron chi connectivity index (χ0n) is 11.9. The monoisotopic (exact) mass is 292 g/mol. The molecule has 0 amide bonds. The molecule has 2 aromatic rings. The summed E-state index contributed by atoms with van der Waals surface area (Å²) in [6.07, 6.45) is 2.56. The second kappa shape index (κ2) is 6.10. The SMILES string of the molecule is CCCCN1CCN(c2csc3cc(F)ccc23)CC1. The molecule has 1 aliphatic heterocycles. The Bertz CT molecular complexity index is 573. The lowest BCUT2D eigenvalue weighted by molar-refractivity contribution is 0.254. The van der Waals surface area contributed by atoms with E-state index in [1.165, 1.54) is 30.5 Å². The maximum Gasteiger partial charge on any atom is 0.124 e. The van der Waals surface area contributed by atoms with E-state index in [0.29, 0.717) is 0 Å².